The Bertz CT molecular complexity index is 1030. The summed E-state index contributed by atoms with van der Waals surface area (Å²) in [6.07, 6.45) is 1.30. The second-order valence-electron chi connectivity index (χ2n) is 8.90. The SMILES string of the molecule is O=P(O)(O)COC[C@@H]1C[C@@H](O)[C@H](n2ncc3c(N4CC5(CCCNC5)C4)nc(Cl)nc32)O1. The lowest BCUT2D eigenvalue weighted by molar-refractivity contribution is -0.0623. The highest BCUT2D eigenvalue weighted by atomic mass is 35.5. The van der Waals surface area contributed by atoms with E-state index in [1.807, 2.05) is 0 Å². The van der Waals surface area contributed by atoms with Crippen molar-refractivity contribution >= 4 is 36.0 Å². The van der Waals surface area contributed by atoms with Gasteiger partial charge in [-0.3, -0.25) is 4.57 Å². The Balaban J connectivity index is 1.33. The molecule has 2 aromatic heterocycles. The second-order valence-corrected chi connectivity index (χ2v) is 10.8. The van der Waals surface area contributed by atoms with Gasteiger partial charge in [-0.1, -0.05) is 0 Å². The van der Waals surface area contributed by atoms with Crippen molar-refractivity contribution in [2.45, 2.75) is 37.7 Å². The number of piperidine rings is 1. The van der Waals surface area contributed by atoms with Crippen molar-refractivity contribution in [1.82, 2.24) is 25.1 Å². The van der Waals surface area contributed by atoms with Crippen LogP contribution in [0.25, 0.3) is 11.0 Å². The van der Waals surface area contributed by atoms with Gasteiger partial charge in [0.25, 0.3) is 0 Å². The number of hydrogen-bond acceptors (Lipinski definition) is 9. The summed E-state index contributed by atoms with van der Waals surface area (Å²) in [4.78, 5) is 28.8. The number of aliphatic hydroxyl groups excluding tert-OH is 1. The van der Waals surface area contributed by atoms with E-state index in [4.69, 9.17) is 30.9 Å². The number of aromatic nitrogens is 4. The molecule has 5 heterocycles. The van der Waals surface area contributed by atoms with Gasteiger partial charge in [-0.25, -0.2) is 4.68 Å². The van der Waals surface area contributed by atoms with E-state index in [1.165, 1.54) is 17.5 Å². The maximum atomic E-state index is 10.9. The van der Waals surface area contributed by atoms with E-state index in [0.717, 1.165) is 37.4 Å². The molecule has 0 radical (unpaired) electrons. The largest absolute Gasteiger partial charge is 0.388 e. The van der Waals surface area contributed by atoms with Gasteiger partial charge in [0.05, 0.1) is 24.3 Å². The zero-order valence-electron chi connectivity index (χ0n) is 17.3. The zero-order valence-corrected chi connectivity index (χ0v) is 19.0. The molecule has 2 aromatic rings. The third kappa shape index (κ3) is 4.38. The van der Waals surface area contributed by atoms with Gasteiger partial charge >= 0.3 is 7.60 Å². The van der Waals surface area contributed by atoms with E-state index in [0.29, 0.717) is 5.65 Å². The van der Waals surface area contributed by atoms with Gasteiger partial charge in [-0.15, -0.1) is 0 Å². The summed E-state index contributed by atoms with van der Waals surface area (Å²) in [6, 6.07) is 0. The predicted octanol–water partition coefficient (Wildman–Crippen LogP) is 0.470. The Morgan fingerprint density at radius 1 is 1.38 bits per heavy atom. The topological polar surface area (TPSA) is 155 Å². The molecule has 3 saturated heterocycles. The summed E-state index contributed by atoms with van der Waals surface area (Å²) in [5.41, 5.74) is 0.729. The molecule has 1 spiro atoms. The molecule has 5 rings (SSSR count). The summed E-state index contributed by atoms with van der Waals surface area (Å²) < 4.78 is 23.3. The first kappa shape index (κ1) is 22.4. The van der Waals surface area contributed by atoms with E-state index in [-0.39, 0.29) is 23.7 Å². The first-order valence-electron chi connectivity index (χ1n) is 10.6. The number of anilines is 1. The third-order valence-corrected chi connectivity index (χ3v) is 6.98. The fraction of sp³-hybridized carbons (Fsp3) is 0.722. The molecule has 3 aliphatic rings. The van der Waals surface area contributed by atoms with Gasteiger partial charge < -0.3 is 34.6 Å². The number of hydrogen-bond donors (Lipinski definition) is 4. The summed E-state index contributed by atoms with van der Waals surface area (Å²) in [5.74, 6) is 0.719. The number of fused-ring (bicyclic) bond motifs is 1. The average Bonchev–Trinajstić information content (AvgIpc) is 3.28. The summed E-state index contributed by atoms with van der Waals surface area (Å²) in [7, 11) is -4.26. The lowest BCUT2D eigenvalue weighted by Crippen LogP contribution is -2.62. The van der Waals surface area contributed by atoms with Crippen LogP contribution in [0.15, 0.2) is 6.20 Å². The molecule has 3 fully saturated rings. The fourth-order valence-corrected chi connectivity index (χ4v) is 5.39. The molecule has 0 amide bonds. The van der Waals surface area contributed by atoms with Gasteiger partial charge in [0.15, 0.2) is 11.9 Å². The van der Waals surface area contributed by atoms with Crippen molar-refractivity contribution in [2.24, 2.45) is 5.41 Å². The van der Waals surface area contributed by atoms with E-state index < -0.39 is 32.4 Å². The highest BCUT2D eigenvalue weighted by molar-refractivity contribution is 7.51. The zero-order chi connectivity index (χ0) is 22.5. The fourth-order valence-electron chi connectivity index (χ4n) is 4.89. The minimum Gasteiger partial charge on any atom is -0.388 e. The van der Waals surface area contributed by atoms with Crippen LogP contribution in [0.5, 0.6) is 0 Å². The monoisotopic (exact) mass is 488 g/mol. The number of aliphatic hydroxyl groups is 1. The molecule has 14 heteroatoms. The number of nitrogens with zero attached hydrogens (tertiary/aromatic N) is 5. The second kappa shape index (κ2) is 8.44. The van der Waals surface area contributed by atoms with Crippen molar-refractivity contribution < 1.29 is 28.9 Å². The molecule has 0 unspecified atom stereocenters. The maximum Gasteiger partial charge on any atom is 0.350 e. The minimum atomic E-state index is -4.26. The maximum absolute atomic E-state index is 10.9. The van der Waals surface area contributed by atoms with Gasteiger partial charge in [0.2, 0.25) is 5.28 Å². The third-order valence-electron chi connectivity index (χ3n) is 6.29. The van der Waals surface area contributed by atoms with E-state index >= 15 is 0 Å². The van der Waals surface area contributed by atoms with Crippen LogP contribution in [-0.2, 0) is 14.0 Å². The average molecular weight is 489 g/mol. The van der Waals surface area contributed by atoms with E-state index in [9.17, 15) is 9.67 Å². The van der Waals surface area contributed by atoms with Gasteiger partial charge in [-0.2, -0.15) is 15.1 Å². The molecule has 4 N–H and O–H groups in total. The summed E-state index contributed by atoms with van der Waals surface area (Å²) in [5, 5.41) is 19.2. The molecular formula is C18H26ClN6O6P. The highest BCUT2D eigenvalue weighted by Gasteiger charge is 2.45. The molecule has 0 aliphatic carbocycles. The lowest BCUT2D eigenvalue weighted by Gasteiger charge is -2.53. The molecule has 0 saturated carbocycles. The van der Waals surface area contributed by atoms with Crippen molar-refractivity contribution in [3.05, 3.63) is 11.5 Å². The van der Waals surface area contributed by atoms with E-state index in [1.54, 1.807) is 6.20 Å². The smallest absolute Gasteiger partial charge is 0.350 e. The normalized spacial score (nSPS) is 27.9. The summed E-state index contributed by atoms with van der Waals surface area (Å²) >= 11 is 6.24. The van der Waals surface area contributed by atoms with Crippen molar-refractivity contribution in [3.8, 4) is 0 Å². The molecule has 3 atom stereocenters. The molecule has 176 valence electrons. The first-order chi connectivity index (χ1) is 15.2. The number of nitrogens with one attached hydrogen (secondary N) is 1. The molecule has 0 aromatic carbocycles. The van der Waals surface area contributed by atoms with Crippen LogP contribution < -0.4 is 10.2 Å². The molecular weight excluding hydrogens is 463 g/mol. The Morgan fingerprint density at radius 2 is 2.19 bits per heavy atom. The van der Waals surface area contributed by atoms with Crippen LogP contribution in [0.2, 0.25) is 5.28 Å². The Morgan fingerprint density at radius 3 is 2.91 bits per heavy atom. The predicted molar refractivity (Wildman–Crippen MR) is 114 cm³/mol. The standard InChI is InChI=1S/C18H26ClN6O6P/c19-17-22-14(24-8-18(9-24)2-1-3-20-7-18)12-5-21-25(15(12)23-17)16-13(26)4-11(31-16)6-30-10-32(27,28)29/h5,11,13,16,20,26H,1-4,6-10H2,(H2,27,28,29)/t11-,13+,16+/m0/s1. The van der Waals surface area contributed by atoms with Crippen LogP contribution in [0, 0.1) is 5.41 Å². The number of ether oxygens (including phenoxy) is 2. The van der Waals surface area contributed by atoms with Crippen LogP contribution in [0.3, 0.4) is 0 Å². The van der Waals surface area contributed by atoms with Gasteiger partial charge in [0, 0.05) is 31.5 Å². The van der Waals surface area contributed by atoms with Gasteiger partial charge in [0.1, 0.15) is 18.3 Å². The van der Waals surface area contributed by atoms with E-state index in [2.05, 4.69) is 25.3 Å². The van der Waals surface area contributed by atoms with Crippen LogP contribution in [0.1, 0.15) is 25.5 Å². The van der Waals surface area contributed by atoms with Crippen molar-refractivity contribution in [3.63, 3.8) is 0 Å². The minimum absolute atomic E-state index is 0.0528. The van der Waals surface area contributed by atoms with Crippen molar-refractivity contribution in [1.29, 1.82) is 0 Å². The number of rotatable bonds is 6. The van der Waals surface area contributed by atoms with Crippen LogP contribution in [-0.4, -0.2) is 86.0 Å². The molecule has 12 nitrogen and oxygen atoms in total. The number of halogens is 1. The quantitative estimate of drug-likeness (QED) is 0.331. The van der Waals surface area contributed by atoms with Gasteiger partial charge in [-0.05, 0) is 31.0 Å². The van der Waals surface area contributed by atoms with Crippen LogP contribution in [0.4, 0.5) is 5.82 Å². The first-order valence-corrected chi connectivity index (χ1v) is 12.7. The Labute approximate surface area is 189 Å². The highest BCUT2D eigenvalue weighted by Crippen LogP contribution is 2.41. The van der Waals surface area contributed by atoms with Crippen LogP contribution >= 0.6 is 19.2 Å². The molecule has 3 aliphatic heterocycles. The summed E-state index contributed by atoms with van der Waals surface area (Å²) in [6.45, 7) is 3.78. The van der Waals surface area contributed by atoms with Crippen molar-refractivity contribution in [2.75, 3.05) is 44.0 Å². The lowest BCUT2D eigenvalue weighted by atomic mass is 9.74. The molecule has 32 heavy (non-hydrogen) atoms. The Hall–Kier alpha value is -1.37. The molecule has 0 bridgehead atoms. The Kier molecular flexibility index (Phi) is 5.92.